The average Bonchev–Trinajstić information content (AvgIpc) is 1.77. The van der Waals surface area contributed by atoms with Crippen molar-refractivity contribution < 1.29 is 4.79 Å². The highest BCUT2D eigenvalue weighted by atomic mass is 35.5. The van der Waals surface area contributed by atoms with Gasteiger partial charge in [0, 0.05) is 19.2 Å². The van der Waals surface area contributed by atoms with E-state index >= 15 is 0 Å². The van der Waals surface area contributed by atoms with Crippen LogP contribution in [0.25, 0.3) is 0 Å². The van der Waals surface area contributed by atoms with Crippen molar-refractivity contribution >= 4 is 17.4 Å². The van der Waals surface area contributed by atoms with E-state index in [4.69, 9.17) is 11.6 Å². The van der Waals surface area contributed by atoms with Gasteiger partial charge < -0.3 is 5.32 Å². The maximum absolute atomic E-state index is 10.6. The summed E-state index contributed by atoms with van der Waals surface area (Å²) in [7, 11) is 0. The Morgan fingerprint density at radius 1 is 1.75 bits per heavy atom. The molecule has 0 aromatic heterocycles. The normalized spacial score (nSPS) is 19.6. The minimum Gasteiger partial charge on any atom is -0.389 e. The quantitative estimate of drug-likeness (QED) is 0.523. The van der Waals surface area contributed by atoms with E-state index in [1.165, 1.54) is 6.20 Å². The second-order valence-electron chi connectivity index (χ2n) is 1.62. The molecule has 0 aromatic rings. The maximum atomic E-state index is 10.6. The molecular weight excluding hydrogens is 126 g/mol. The van der Waals surface area contributed by atoms with E-state index in [2.05, 4.69) is 5.32 Å². The van der Waals surface area contributed by atoms with Crippen LogP contribution in [0.1, 0.15) is 6.42 Å². The first-order valence-corrected chi connectivity index (χ1v) is 2.81. The van der Waals surface area contributed by atoms with Crippen LogP contribution >= 0.6 is 11.6 Å². The summed E-state index contributed by atoms with van der Waals surface area (Å²) >= 11 is 5.42. The Morgan fingerprint density at radius 2 is 2.50 bits per heavy atom. The predicted octanol–water partition coefficient (Wildman–Crippen LogP) is 0.629. The number of Topliss-reactive ketones (excluding diaryl/α,β-unsaturated/α-hetero) is 1. The lowest BCUT2D eigenvalue weighted by molar-refractivity contribution is -0.115. The molecule has 0 saturated heterocycles. The second kappa shape index (κ2) is 2.18. The highest BCUT2D eigenvalue weighted by molar-refractivity contribution is 6.42. The summed E-state index contributed by atoms with van der Waals surface area (Å²) in [5, 5.41) is 3.17. The number of hydrogen-bond donors (Lipinski definition) is 1. The molecule has 0 unspecified atom stereocenters. The van der Waals surface area contributed by atoms with Crippen LogP contribution in [0.15, 0.2) is 11.2 Å². The van der Waals surface area contributed by atoms with Crippen LogP contribution in [0.2, 0.25) is 0 Å². The fraction of sp³-hybridized carbons (Fsp3) is 0.400. The SMILES string of the molecule is O=C1CCNC=C1Cl. The Kier molecular flexibility index (Phi) is 1.53. The Labute approximate surface area is 52.5 Å². The summed E-state index contributed by atoms with van der Waals surface area (Å²) in [5.74, 6) is 0.0328. The molecule has 0 saturated carbocycles. The third kappa shape index (κ3) is 1.01. The molecule has 8 heavy (non-hydrogen) atoms. The number of nitrogens with one attached hydrogen (secondary N) is 1. The van der Waals surface area contributed by atoms with Crippen LogP contribution in [-0.2, 0) is 4.79 Å². The van der Waals surface area contributed by atoms with Crippen molar-refractivity contribution in [2.24, 2.45) is 0 Å². The largest absolute Gasteiger partial charge is 0.389 e. The maximum Gasteiger partial charge on any atom is 0.177 e. The highest BCUT2D eigenvalue weighted by Crippen LogP contribution is 2.06. The van der Waals surface area contributed by atoms with Gasteiger partial charge in [0.2, 0.25) is 0 Å². The first kappa shape index (κ1) is 5.63. The zero-order chi connectivity index (χ0) is 5.98. The smallest absolute Gasteiger partial charge is 0.177 e. The van der Waals surface area contributed by atoms with Gasteiger partial charge in [-0.25, -0.2) is 0 Å². The lowest BCUT2D eigenvalue weighted by atomic mass is 10.2. The number of carbonyl (C=O) groups is 1. The Balaban J connectivity index is 2.67. The van der Waals surface area contributed by atoms with Gasteiger partial charge in [0.25, 0.3) is 0 Å². The molecule has 3 heteroatoms. The summed E-state index contributed by atoms with van der Waals surface area (Å²) in [6.07, 6.45) is 2.06. The number of carbonyl (C=O) groups excluding carboxylic acids is 1. The van der Waals surface area contributed by atoms with Crippen molar-refractivity contribution in [2.75, 3.05) is 6.54 Å². The van der Waals surface area contributed by atoms with Crippen LogP contribution < -0.4 is 5.32 Å². The number of rotatable bonds is 0. The Hall–Kier alpha value is -0.500. The Morgan fingerprint density at radius 3 is 2.88 bits per heavy atom. The van der Waals surface area contributed by atoms with Crippen molar-refractivity contribution in [2.45, 2.75) is 6.42 Å². The molecular formula is C5H6ClNO. The zero-order valence-electron chi connectivity index (χ0n) is 4.28. The Bertz CT molecular complexity index is 141. The molecule has 1 heterocycles. The molecule has 0 bridgehead atoms. The second-order valence-corrected chi connectivity index (χ2v) is 2.03. The van der Waals surface area contributed by atoms with Crippen molar-refractivity contribution in [3.05, 3.63) is 11.2 Å². The minimum absolute atomic E-state index is 0.0328. The van der Waals surface area contributed by atoms with Crippen LogP contribution in [0.4, 0.5) is 0 Å². The van der Waals surface area contributed by atoms with Gasteiger partial charge in [-0.3, -0.25) is 4.79 Å². The van der Waals surface area contributed by atoms with Gasteiger partial charge in [-0.05, 0) is 0 Å². The van der Waals surface area contributed by atoms with Gasteiger partial charge in [-0.15, -0.1) is 0 Å². The van der Waals surface area contributed by atoms with E-state index in [-0.39, 0.29) is 5.78 Å². The van der Waals surface area contributed by atoms with Crippen molar-refractivity contribution in [1.29, 1.82) is 0 Å². The van der Waals surface area contributed by atoms with E-state index < -0.39 is 0 Å². The van der Waals surface area contributed by atoms with Crippen molar-refractivity contribution in [3.63, 3.8) is 0 Å². The zero-order valence-corrected chi connectivity index (χ0v) is 5.03. The molecule has 0 amide bonds. The monoisotopic (exact) mass is 131 g/mol. The molecule has 0 aromatic carbocycles. The van der Waals surface area contributed by atoms with Crippen LogP contribution in [0.3, 0.4) is 0 Å². The fourth-order valence-electron chi connectivity index (χ4n) is 0.547. The van der Waals surface area contributed by atoms with Gasteiger partial charge in [-0.2, -0.15) is 0 Å². The summed E-state index contributed by atoms with van der Waals surface area (Å²) in [4.78, 5) is 10.6. The predicted molar refractivity (Wildman–Crippen MR) is 31.6 cm³/mol. The van der Waals surface area contributed by atoms with Crippen molar-refractivity contribution in [1.82, 2.24) is 5.32 Å². The molecule has 1 aliphatic heterocycles. The van der Waals surface area contributed by atoms with Crippen LogP contribution in [0, 0.1) is 0 Å². The molecule has 0 fully saturated rings. The van der Waals surface area contributed by atoms with E-state index in [0.717, 1.165) is 6.54 Å². The topological polar surface area (TPSA) is 29.1 Å². The number of hydrogen-bond acceptors (Lipinski definition) is 2. The molecule has 1 rings (SSSR count). The van der Waals surface area contributed by atoms with E-state index in [1.54, 1.807) is 0 Å². The summed E-state index contributed by atoms with van der Waals surface area (Å²) in [6.45, 7) is 0.717. The van der Waals surface area contributed by atoms with Gasteiger partial charge in [0.1, 0.15) is 0 Å². The van der Waals surface area contributed by atoms with Crippen molar-refractivity contribution in [3.8, 4) is 0 Å². The first-order chi connectivity index (χ1) is 3.80. The standard InChI is InChI=1S/C5H6ClNO/c6-4-3-7-2-1-5(4)8/h3,7H,1-2H2. The molecule has 1 N–H and O–H groups in total. The van der Waals surface area contributed by atoms with Gasteiger partial charge >= 0.3 is 0 Å². The van der Waals surface area contributed by atoms with Crippen LogP contribution in [0.5, 0.6) is 0 Å². The van der Waals surface area contributed by atoms with Gasteiger partial charge in [-0.1, -0.05) is 11.6 Å². The molecule has 0 atom stereocenters. The van der Waals surface area contributed by atoms with Gasteiger partial charge in [0.05, 0.1) is 5.03 Å². The molecule has 2 nitrogen and oxygen atoms in total. The number of allylic oxidation sites excluding steroid dienone is 1. The summed E-state index contributed by atoms with van der Waals surface area (Å²) in [5.41, 5.74) is 0. The molecule has 44 valence electrons. The van der Waals surface area contributed by atoms with E-state index in [9.17, 15) is 4.79 Å². The van der Waals surface area contributed by atoms with E-state index in [1.807, 2.05) is 0 Å². The summed E-state index contributed by atoms with van der Waals surface area (Å²) in [6, 6.07) is 0. The first-order valence-electron chi connectivity index (χ1n) is 2.43. The molecule has 0 aliphatic carbocycles. The van der Waals surface area contributed by atoms with Crippen LogP contribution in [-0.4, -0.2) is 12.3 Å². The average molecular weight is 132 g/mol. The summed E-state index contributed by atoms with van der Waals surface area (Å²) < 4.78 is 0. The van der Waals surface area contributed by atoms with Gasteiger partial charge in [0.15, 0.2) is 5.78 Å². The third-order valence-corrected chi connectivity index (χ3v) is 1.31. The lowest BCUT2D eigenvalue weighted by Gasteiger charge is -2.05. The highest BCUT2D eigenvalue weighted by Gasteiger charge is 2.08. The minimum atomic E-state index is 0.0328. The fourth-order valence-corrected chi connectivity index (χ4v) is 0.719. The van der Waals surface area contributed by atoms with E-state index in [0.29, 0.717) is 11.5 Å². The lowest BCUT2D eigenvalue weighted by Crippen LogP contribution is -2.19. The molecule has 0 radical (unpaired) electrons. The number of halogens is 1. The molecule has 1 aliphatic rings. The molecule has 0 spiro atoms. The third-order valence-electron chi connectivity index (χ3n) is 0.992. The number of ketones is 1.